The molecule has 4 aromatic rings. The van der Waals surface area contributed by atoms with E-state index in [4.69, 9.17) is 0 Å². The van der Waals surface area contributed by atoms with Crippen molar-refractivity contribution >= 4 is 28.1 Å². The quantitative estimate of drug-likeness (QED) is 0.289. The van der Waals surface area contributed by atoms with Gasteiger partial charge in [-0.2, -0.15) is 0 Å². The van der Waals surface area contributed by atoms with Crippen LogP contribution in [0.3, 0.4) is 0 Å². The first kappa shape index (κ1) is 25.5. The number of phenols is 2. The van der Waals surface area contributed by atoms with Crippen LogP contribution in [0.4, 0.5) is 0 Å². The van der Waals surface area contributed by atoms with Gasteiger partial charge in [-0.15, -0.1) is 0 Å². The van der Waals surface area contributed by atoms with Crippen LogP contribution in [0.25, 0.3) is 22.3 Å². The Morgan fingerprint density at radius 2 is 0.906 bits per heavy atom. The first-order chi connectivity index (χ1) is 15.6. The van der Waals surface area contributed by atoms with E-state index >= 15 is 0 Å². The Bertz CT molecular complexity index is 990. The Morgan fingerprint density at radius 1 is 0.562 bits per heavy atom. The van der Waals surface area contributed by atoms with Gasteiger partial charge in [0.25, 0.3) is 0 Å². The molecule has 0 heterocycles. The summed E-state index contributed by atoms with van der Waals surface area (Å²) in [6.45, 7) is 8.25. The molecule has 0 fully saturated rings. The van der Waals surface area contributed by atoms with Crippen molar-refractivity contribution in [1.29, 1.82) is 0 Å². The number of hydrogen-bond donors (Lipinski definition) is 2. The Morgan fingerprint density at radius 3 is 1.25 bits per heavy atom. The van der Waals surface area contributed by atoms with Gasteiger partial charge in [-0.05, 0) is 0 Å². The molecule has 0 aromatic heterocycles. The molecule has 0 radical (unpaired) electrons. The van der Waals surface area contributed by atoms with Crippen LogP contribution in [0.15, 0.2) is 97.1 Å². The second-order valence-electron chi connectivity index (χ2n) is 6.90. The van der Waals surface area contributed by atoms with E-state index in [9.17, 15) is 10.2 Å². The molecular formula is C29H32O2Te. The van der Waals surface area contributed by atoms with Crippen LogP contribution in [0, 0.1) is 0 Å². The van der Waals surface area contributed by atoms with Gasteiger partial charge >= 0.3 is 169 Å². The summed E-state index contributed by atoms with van der Waals surface area (Å²) in [7, 11) is 0. The van der Waals surface area contributed by atoms with Crippen LogP contribution < -0.4 is 7.22 Å². The fraction of sp³-hybridized carbons (Fsp3) is 0.172. The van der Waals surface area contributed by atoms with E-state index in [0.29, 0.717) is 11.5 Å². The van der Waals surface area contributed by atoms with Gasteiger partial charge in [0.1, 0.15) is 0 Å². The van der Waals surface area contributed by atoms with E-state index in [2.05, 4.69) is 26.0 Å². The predicted molar refractivity (Wildman–Crippen MR) is 139 cm³/mol. The molecule has 0 aliphatic carbocycles. The van der Waals surface area contributed by atoms with Crippen molar-refractivity contribution in [2.45, 2.75) is 34.1 Å². The average molecular weight is 540 g/mol. The Balaban J connectivity index is 0.000000671. The monoisotopic (exact) mass is 542 g/mol. The summed E-state index contributed by atoms with van der Waals surface area (Å²) in [6, 6.07) is 31.6. The summed E-state index contributed by atoms with van der Waals surface area (Å²) >= 11 is -0.647. The zero-order valence-corrected chi connectivity index (χ0v) is 21.6. The SMILES string of the molecule is CC.CCC.Oc1ccc([Te]c2ccc(O)c(-c3ccccc3)c2)cc1-c1ccccc1. The minimum atomic E-state index is -0.647. The molecule has 4 aromatic carbocycles. The average Bonchev–Trinajstić information content (AvgIpc) is 2.84. The molecule has 0 spiro atoms. The van der Waals surface area contributed by atoms with Gasteiger partial charge in [0, 0.05) is 0 Å². The van der Waals surface area contributed by atoms with Gasteiger partial charge in [-0.25, -0.2) is 0 Å². The molecular weight excluding hydrogens is 508 g/mol. The van der Waals surface area contributed by atoms with Gasteiger partial charge in [0.05, 0.1) is 0 Å². The summed E-state index contributed by atoms with van der Waals surface area (Å²) in [5.74, 6) is 0.598. The zero-order valence-electron chi connectivity index (χ0n) is 19.2. The van der Waals surface area contributed by atoms with Gasteiger partial charge in [-0.1, -0.05) is 34.1 Å². The van der Waals surface area contributed by atoms with Crippen molar-refractivity contribution in [3.8, 4) is 33.8 Å². The van der Waals surface area contributed by atoms with Crippen molar-refractivity contribution in [3.05, 3.63) is 97.1 Å². The number of phenolic OH excluding ortho intramolecular Hbond substituents is 2. The summed E-state index contributed by atoms with van der Waals surface area (Å²) in [4.78, 5) is 0. The fourth-order valence-corrected chi connectivity index (χ4v) is 5.55. The van der Waals surface area contributed by atoms with Gasteiger partial charge in [0.2, 0.25) is 0 Å². The summed E-state index contributed by atoms with van der Waals surface area (Å²) in [5.41, 5.74) is 3.75. The molecule has 0 aliphatic heterocycles. The molecule has 3 heteroatoms. The minimum absolute atomic E-state index is 0.299. The number of aromatic hydroxyl groups is 2. The molecule has 166 valence electrons. The molecule has 0 bridgehead atoms. The Hall–Kier alpha value is -2.73. The van der Waals surface area contributed by atoms with Crippen molar-refractivity contribution in [2.24, 2.45) is 0 Å². The maximum atomic E-state index is 10.3. The van der Waals surface area contributed by atoms with E-state index in [1.54, 1.807) is 12.1 Å². The molecule has 0 unspecified atom stereocenters. The Kier molecular flexibility index (Phi) is 10.9. The number of benzene rings is 4. The predicted octanol–water partition coefficient (Wildman–Crippen LogP) is 6.53. The van der Waals surface area contributed by atoms with Gasteiger partial charge < -0.3 is 0 Å². The maximum absolute atomic E-state index is 10.3. The van der Waals surface area contributed by atoms with Crippen molar-refractivity contribution in [2.75, 3.05) is 0 Å². The first-order valence-corrected chi connectivity index (χ1v) is 13.4. The number of rotatable bonds is 4. The van der Waals surface area contributed by atoms with Crippen LogP contribution in [-0.2, 0) is 0 Å². The normalized spacial score (nSPS) is 9.75. The third kappa shape index (κ3) is 7.16. The van der Waals surface area contributed by atoms with Crippen LogP contribution >= 0.6 is 0 Å². The molecule has 2 N–H and O–H groups in total. The molecule has 4 rings (SSSR count). The van der Waals surface area contributed by atoms with E-state index < -0.39 is 20.9 Å². The van der Waals surface area contributed by atoms with Gasteiger partial charge in [-0.3, -0.25) is 0 Å². The number of hydrogen-bond acceptors (Lipinski definition) is 2. The van der Waals surface area contributed by atoms with Crippen LogP contribution in [0.5, 0.6) is 11.5 Å². The van der Waals surface area contributed by atoms with Crippen LogP contribution in [0.1, 0.15) is 34.1 Å². The molecule has 0 saturated carbocycles. The molecule has 0 saturated heterocycles. The molecule has 0 amide bonds. The summed E-state index contributed by atoms with van der Waals surface area (Å²) < 4.78 is 2.48. The van der Waals surface area contributed by atoms with Gasteiger partial charge in [0.15, 0.2) is 0 Å². The fourth-order valence-electron chi connectivity index (χ4n) is 2.99. The van der Waals surface area contributed by atoms with Crippen molar-refractivity contribution in [3.63, 3.8) is 0 Å². The second-order valence-corrected chi connectivity index (χ2v) is 10.2. The standard InChI is InChI=1S/C24H18O2Te.C3H8.C2H6/c25-23-13-11-19(15-21(23)17-7-3-1-4-8-17)27-20-12-14-24(26)22(16-20)18-9-5-2-6-10-18;1-3-2;1-2/h1-16,25-26H;3H2,1-2H3;1-2H3. The van der Waals surface area contributed by atoms with E-state index in [0.717, 1.165) is 22.3 Å². The first-order valence-electron chi connectivity index (χ1n) is 11.1. The Labute approximate surface area is 202 Å². The second kappa shape index (κ2) is 13.6. The van der Waals surface area contributed by atoms with Crippen molar-refractivity contribution < 1.29 is 10.2 Å². The van der Waals surface area contributed by atoms with E-state index in [-0.39, 0.29) is 0 Å². The molecule has 2 nitrogen and oxygen atoms in total. The zero-order chi connectivity index (χ0) is 23.3. The van der Waals surface area contributed by atoms with Crippen molar-refractivity contribution in [1.82, 2.24) is 0 Å². The van der Waals surface area contributed by atoms with E-state index in [1.807, 2.05) is 86.6 Å². The van der Waals surface area contributed by atoms with E-state index in [1.165, 1.54) is 13.6 Å². The third-order valence-corrected chi connectivity index (χ3v) is 7.14. The summed E-state index contributed by atoms with van der Waals surface area (Å²) in [6.07, 6.45) is 1.25. The topological polar surface area (TPSA) is 40.5 Å². The molecule has 32 heavy (non-hydrogen) atoms. The van der Waals surface area contributed by atoms with Crippen LogP contribution in [0.2, 0.25) is 0 Å². The van der Waals surface area contributed by atoms with Crippen LogP contribution in [-0.4, -0.2) is 31.1 Å². The molecule has 0 atom stereocenters. The molecule has 0 aliphatic rings. The summed E-state index contributed by atoms with van der Waals surface area (Å²) in [5, 5.41) is 20.5. The third-order valence-electron chi connectivity index (χ3n) is 4.34.